The quantitative estimate of drug-likeness (QED) is 0.729. The van der Waals surface area contributed by atoms with Crippen molar-refractivity contribution in [2.24, 2.45) is 0 Å². The predicted octanol–water partition coefficient (Wildman–Crippen LogP) is 3.16. The van der Waals surface area contributed by atoms with Crippen LogP contribution in [0.2, 0.25) is 0 Å². The molecule has 19 heavy (non-hydrogen) atoms. The third-order valence-corrected chi connectivity index (χ3v) is 2.74. The lowest BCUT2D eigenvalue weighted by Crippen LogP contribution is -2.20. The summed E-state index contributed by atoms with van der Waals surface area (Å²) in [6.45, 7) is 8.12. The molecule has 0 spiro atoms. The topological polar surface area (TPSA) is 30.5 Å². The molecule has 104 valence electrons. The van der Waals surface area contributed by atoms with Crippen LogP contribution in [0, 0.1) is 12.3 Å². The Morgan fingerprint density at radius 3 is 2.42 bits per heavy atom. The summed E-state index contributed by atoms with van der Waals surface area (Å²) in [5.41, 5.74) is 1.13. The molecule has 1 unspecified atom stereocenters. The van der Waals surface area contributed by atoms with Crippen LogP contribution >= 0.6 is 0 Å². The first-order valence-corrected chi connectivity index (χ1v) is 6.83. The first kappa shape index (κ1) is 15.4. The summed E-state index contributed by atoms with van der Waals surface area (Å²) in [6, 6.07) is 6.16. The molecule has 0 radical (unpaired) electrons. The second-order valence-corrected chi connectivity index (χ2v) is 4.09. The van der Waals surface area contributed by atoms with Gasteiger partial charge >= 0.3 is 0 Å². The first-order chi connectivity index (χ1) is 9.26. The van der Waals surface area contributed by atoms with E-state index in [0.717, 1.165) is 23.6 Å². The average molecular weight is 261 g/mol. The summed E-state index contributed by atoms with van der Waals surface area (Å²) in [7, 11) is 0. The van der Waals surface area contributed by atoms with E-state index >= 15 is 0 Å². The fourth-order valence-electron chi connectivity index (χ4n) is 1.96. The van der Waals surface area contributed by atoms with Crippen LogP contribution < -0.4 is 14.8 Å². The van der Waals surface area contributed by atoms with Crippen molar-refractivity contribution in [3.63, 3.8) is 0 Å². The summed E-state index contributed by atoms with van der Waals surface area (Å²) in [4.78, 5) is 0. The van der Waals surface area contributed by atoms with E-state index in [4.69, 9.17) is 15.9 Å². The van der Waals surface area contributed by atoms with Crippen LogP contribution in [0.3, 0.4) is 0 Å². The maximum atomic E-state index is 5.63. The molecule has 1 N–H and O–H groups in total. The molecule has 0 saturated carbocycles. The Morgan fingerprint density at radius 2 is 1.84 bits per heavy atom. The zero-order valence-corrected chi connectivity index (χ0v) is 12.0. The molecule has 0 saturated heterocycles. The molecule has 0 heterocycles. The Hall–Kier alpha value is -1.66. The van der Waals surface area contributed by atoms with E-state index < -0.39 is 0 Å². The van der Waals surface area contributed by atoms with Crippen molar-refractivity contribution in [3.05, 3.63) is 23.8 Å². The van der Waals surface area contributed by atoms with E-state index in [1.807, 2.05) is 32.0 Å². The largest absolute Gasteiger partial charge is 0.490 e. The van der Waals surface area contributed by atoms with Gasteiger partial charge in [-0.05, 0) is 38.1 Å². The van der Waals surface area contributed by atoms with Gasteiger partial charge in [0.15, 0.2) is 11.5 Å². The minimum Gasteiger partial charge on any atom is -0.490 e. The van der Waals surface area contributed by atoms with Crippen molar-refractivity contribution >= 4 is 0 Å². The van der Waals surface area contributed by atoms with Gasteiger partial charge in [-0.2, -0.15) is 0 Å². The molecule has 0 fully saturated rings. The summed E-state index contributed by atoms with van der Waals surface area (Å²) in [6.07, 6.45) is 6.09. The van der Waals surface area contributed by atoms with Crippen LogP contribution in [0.5, 0.6) is 11.5 Å². The molecule has 1 rings (SSSR count). The molecule has 0 aliphatic carbocycles. The van der Waals surface area contributed by atoms with E-state index in [-0.39, 0.29) is 6.04 Å². The molecule has 0 aliphatic heterocycles. The number of nitrogens with one attached hydrogen (secondary N) is 1. The van der Waals surface area contributed by atoms with Gasteiger partial charge in [-0.15, -0.1) is 12.3 Å². The highest BCUT2D eigenvalue weighted by Crippen LogP contribution is 2.31. The molecular formula is C16H23NO2. The van der Waals surface area contributed by atoms with Crippen LogP contribution in [0.25, 0.3) is 0 Å². The molecule has 1 aromatic rings. The number of benzene rings is 1. The third kappa shape index (κ3) is 4.50. The number of rotatable bonds is 8. The van der Waals surface area contributed by atoms with Crippen LogP contribution in [-0.2, 0) is 0 Å². The van der Waals surface area contributed by atoms with Crippen molar-refractivity contribution in [1.82, 2.24) is 5.32 Å². The van der Waals surface area contributed by atoms with E-state index in [9.17, 15) is 0 Å². The highest BCUT2D eigenvalue weighted by molar-refractivity contribution is 5.44. The highest BCUT2D eigenvalue weighted by Gasteiger charge is 2.13. The van der Waals surface area contributed by atoms with Gasteiger partial charge in [0, 0.05) is 12.5 Å². The molecule has 0 amide bonds. The molecule has 0 bridgehead atoms. The van der Waals surface area contributed by atoms with Gasteiger partial charge in [-0.3, -0.25) is 0 Å². The monoisotopic (exact) mass is 261 g/mol. The fourth-order valence-corrected chi connectivity index (χ4v) is 1.96. The Labute approximate surface area is 116 Å². The SMILES string of the molecule is C#CCC(NCC)c1ccc(OCC)c(OCC)c1. The van der Waals surface area contributed by atoms with Crippen LogP contribution in [0.1, 0.15) is 38.8 Å². The molecule has 0 aliphatic rings. The van der Waals surface area contributed by atoms with Crippen LogP contribution in [0.15, 0.2) is 18.2 Å². The van der Waals surface area contributed by atoms with Crippen LogP contribution in [-0.4, -0.2) is 19.8 Å². The maximum Gasteiger partial charge on any atom is 0.161 e. The van der Waals surface area contributed by atoms with Gasteiger partial charge in [0.1, 0.15) is 0 Å². The first-order valence-electron chi connectivity index (χ1n) is 6.83. The molecule has 0 aromatic heterocycles. The predicted molar refractivity (Wildman–Crippen MR) is 78.6 cm³/mol. The molecule has 1 atom stereocenters. The average Bonchev–Trinajstić information content (AvgIpc) is 2.41. The number of hydrogen-bond acceptors (Lipinski definition) is 3. The van der Waals surface area contributed by atoms with Crippen molar-refractivity contribution in [3.8, 4) is 23.8 Å². The zero-order valence-electron chi connectivity index (χ0n) is 12.0. The van der Waals surface area contributed by atoms with Crippen molar-refractivity contribution in [1.29, 1.82) is 0 Å². The third-order valence-electron chi connectivity index (χ3n) is 2.74. The Bertz CT molecular complexity index is 423. The molecular weight excluding hydrogens is 238 g/mol. The molecule has 3 nitrogen and oxygen atoms in total. The molecule has 3 heteroatoms. The Balaban J connectivity index is 3.00. The minimum atomic E-state index is 0.157. The summed E-state index contributed by atoms with van der Waals surface area (Å²) >= 11 is 0. The van der Waals surface area contributed by atoms with Crippen LogP contribution in [0.4, 0.5) is 0 Å². The van der Waals surface area contributed by atoms with E-state index in [2.05, 4.69) is 18.2 Å². The van der Waals surface area contributed by atoms with E-state index in [1.165, 1.54) is 0 Å². The van der Waals surface area contributed by atoms with Gasteiger partial charge in [-0.1, -0.05) is 13.0 Å². The Kier molecular flexibility index (Phi) is 6.84. The van der Waals surface area contributed by atoms with E-state index in [0.29, 0.717) is 19.6 Å². The number of terminal acetylenes is 1. The summed E-state index contributed by atoms with van der Waals surface area (Å²) in [5, 5.41) is 3.38. The maximum absolute atomic E-state index is 5.63. The second kappa shape index (κ2) is 8.44. The van der Waals surface area contributed by atoms with Gasteiger partial charge in [0.25, 0.3) is 0 Å². The highest BCUT2D eigenvalue weighted by atomic mass is 16.5. The number of ether oxygens (including phenoxy) is 2. The number of hydrogen-bond donors (Lipinski definition) is 1. The zero-order chi connectivity index (χ0) is 14.1. The fraction of sp³-hybridized carbons (Fsp3) is 0.500. The standard InChI is InChI=1S/C16H23NO2/c1-5-9-14(17-6-2)13-10-11-15(18-7-3)16(12-13)19-8-4/h1,10-12,14,17H,6-9H2,2-4H3. The van der Waals surface area contributed by atoms with Crippen molar-refractivity contribution < 1.29 is 9.47 Å². The Morgan fingerprint density at radius 1 is 1.16 bits per heavy atom. The van der Waals surface area contributed by atoms with Gasteiger partial charge in [-0.25, -0.2) is 0 Å². The van der Waals surface area contributed by atoms with E-state index in [1.54, 1.807) is 0 Å². The molecule has 1 aromatic carbocycles. The minimum absolute atomic E-state index is 0.157. The van der Waals surface area contributed by atoms with Gasteiger partial charge < -0.3 is 14.8 Å². The normalized spacial score (nSPS) is 11.7. The lowest BCUT2D eigenvalue weighted by Gasteiger charge is -2.18. The lowest BCUT2D eigenvalue weighted by atomic mass is 10.0. The summed E-state index contributed by atoms with van der Waals surface area (Å²) < 4.78 is 11.2. The second-order valence-electron chi connectivity index (χ2n) is 4.09. The van der Waals surface area contributed by atoms with Gasteiger partial charge in [0.2, 0.25) is 0 Å². The lowest BCUT2D eigenvalue weighted by molar-refractivity contribution is 0.287. The van der Waals surface area contributed by atoms with Crippen molar-refractivity contribution in [2.75, 3.05) is 19.8 Å². The summed E-state index contributed by atoms with van der Waals surface area (Å²) in [5.74, 6) is 4.27. The smallest absolute Gasteiger partial charge is 0.161 e. The van der Waals surface area contributed by atoms with Crippen molar-refractivity contribution in [2.45, 2.75) is 33.2 Å². The van der Waals surface area contributed by atoms with Gasteiger partial charge in [0.05, 0.1) is 13.2 Å².